The SMILES string of the molecule is C=C1C(=O)N=C(n2nc(-c3cccs3)cc2NC(=O)c2ccco2)N=C1C. The number of furan rings is 1. The fourth-order valence-corrected chi connectivity index (χ4v) is 3.08. The van der Waals surface area contributed by atoms with Gasteiger partial charge in [0.2, 0.25) is 0 Å². The number of aromatic nitrogens is 2. The Kier molecular flexibility index (Phi) is 4.13. The van der Waals surface area contributed by atoms with E-state index < -0.39 is 11.8 Å². The minimum absolute atomic E-state index is 0.0578. The molecule has 4 heterocycles. The number of aliphatic imine (C=N–C) groups is 2. The van der Waals surface area contributed by atoms with Gasteiger partial charge in [-0.1, -0.05) is 12.6 Å². The lowest BCUT2D eigenvalue weighted by molar-refractivity contribution is -0.113. The highest BCUT2D eigenvalue weighted by atomic mass is 32.1. The molecule has 9 heteroatoms. The van der Waals surface area contributed by atoms with Crippen LogP contribution in [-0.2, 0) is 4.79 Å². The van der Waals surface area contributed by atoms with Crippen molar-refractivity contribution in [2.24, 2.45) is 9.98 Å². The molecule has 8 nitrogen and oxygen atoms in total. The lowest BCUT2D eigenvalue weighted by Crippen LogP contribution is -2.25. The van der Waals surface area contributed by atoms with Gasteiger partial charge in [-0.25, -0.2) is 4.99 Å². The van der Waals surface area contributed by atoms with E-state index in [9.17, 15) is 9.59 Å². The monoisotopic (exact) mass is 379 g/mol. The van der Waals surface area contributed by atoms with Gasteiger partial charge in [0, 0.05) is 6.07 Å². The summed E-state index contributed by atoms with van der Waals surface area (Å²) in [4.78, 5) is 33.5. The number of amides is 2. The second-order valence-corrected chi connectivity index (χ2v) is 6.58. The zero-order valence-corrected chi connectivity index (χ0v) is 15.0. The van der Waals surface area contributed by atoms with Gasteiger partial charge in [0.25, 0.3) is 17.8 Å². The highest BCUT2D eigenvalue weighted by Crippen LogP contribution is 2.27. The Bertz CT molecular complexity index is 1100. The molecular formula is C18H13N5O3S. The molecule has 0 atom stereocenters. The smallest absolute Gasteiger partial charge is 0.292 e. The quantitative estimate of drug-likeness (QED) is 0.706. The van der Waals surface area contributed by atoms with E-state index in [-0.39, 0.29) is 17.3 Å². The largest absolute Gasteiger partial charge is 0.459 e. The van der Waals surface area contributed by atoms with Crippen LogP contribution in [0.2, 0.25) is 0 Å². The van der Waals surface area contributed by atoms with Gasteiger partial charge in [0.15, 0.2) is 5.76 Å². The molecule has 4 rings (SSSR count). The van der Waals surface area contributed by atoms with Crippen LogP contribution in [0, 0.1) is 0 Å². The lowest BCUT2D eigenvalue weighted by atomic mass is 10.2. The van der Waals surface area contributed by atoms with Crippen LogP contribution in [0.25, 0.3) is 10.6 Å². The molecule has 0 unspecified atom stereocenters. The fraction of sp³-hybridized carbons (Fsp3) is 0.0556. The number of rotatable bonds is 3. The summed E-state index contributed by atoms with van der Waals surface area (Å²) >= 11 is 1.50. The molecule has 1 N–H and O–H groups in total. The average Bonchev–Trinajstić information content (AvgIpc) is 3.39. The van der Waals surface area contributed by atoms with Crippen LogP contribution >= 0.6 is 11.3 Å². The van der Waals surface area contributed by atoms with E-state index in [1.165, 1.54) is 22.3 Å². The number of hydrogen-bond acceptors (Lipinski definition) is 6. The van der Waals surface area contributed by atoms with Crippen molar-refractivity contribution < 1.29 is 14.0 Å². The van der Waals surface area contributed by atoms with Crippen molar-refractivity contribution in [3.05, 3.63) is 59.9 Å². The standard InChI is InChI=1S/C18H13N5O3S/c1-10-11(2)19-18(21-16(10)24)23-15(20-17(25)13-5-3-7-26-13)9-12(22-23)14-6-4-8-27-14/h3-9H,1H2,2H3,(H,20,25). The van der Waals surface area contributed by atoms with Crippen LogP contribution in [0.15, 0.2) is 68.5 Å². The van der Waals surface area contributed by atoms with Gasteiger partial charge >= 0.3 is 0 Å². The lowest BCUT2D eigenvalue weighted by Gasteiger charge is -2.12. The van der Waals surface area contributed by atoms with Crippen LogP contribution < -0.4 is 5.32 Å². The first-order valence-corrected chi connectivity index (χ1v) is 8.77. The van der Waals surface area contributed by atoms with E-state index in [4.69, 9.17) is 4.42 Å². The highest BCUT2D eigenvalue weighted by molar-refractivity contribution is 7.13. The molecule has 0 saturated heterocycles. The van der Waals surface area contributed by atoms with E-state index in [2.05, 4.69) is 27.0 Å². The summed E-state index contributed by atoms with van der Waals surface area (Å²) in [5, 5.41) is 9.11. The number of nitrogens with one attached hydrogen (secondary N) is 1. The van der Waals surface area contributed by atoms with Gasteiger partial charge in [-0.3, -0.25) is 9.59 Å². The maximum Gasteiger partial charge on any atom is 0.292 e. The van der Waals surface area contributed by atoms with Crippen LogP contribution in [0.1, 0.15) is 17.5 Å². The molecule has 134 valence electrons. The van der Waals surface area contributed by atoms with Gasteiger partial charge in [0.05, 0.1) is 22.4 Å². The predicted octanol–water partition coefficient (Wildman–Crippen LogP) is 3.22. The number of anilines is 1. The zero-order chi connectivity index (χ0) is 19.0. The van der Waals surface area contributed by atoms with Crippen molar-refractivity contribution in [1.82, 2.24) is 9.78 Å². The van der Waals surface area contributed by atoms with E-state index in [1.807, 2.05) is 17.5 Å². The number of carbonyl (C=O) groups excluding carboxylic acids is 2. The number of nitrogens with zero attached hydrogens (tertiary/aromatic N) is 4. The van der Waals surface area contributed by atoms with Crippen LogP contribution in [0.3, 0.4) is 0 Å². The third-order valence-electron chi connectivity index (χ3n) is 3.82. The highest BCUT2D eigenvalue weighted by Gasteiger charge is 2.23. The molecule has 0 radical (unpaired) electrons. The van der Waals surface area contributed by atoms with Gasteiger partial charge in [-0.05, 0) is 30.5 Å². The molecule has 3 aromatic heterocycles. The summed E-state index contributed by atoms with van der Waals surface area (Å²) in [6.07, 6.45) is 1.41. The Morgan fingerprint density at radius 2 is 2.15 bits per heavy atom. The molecule has 0 aromatic carbocycles. The van der Waals surface area contributed by atoms with Crippen molar-refractivity contribution in [2.75, 3.05) is 5.32 Å². The number of carbonyl (C=O) groups is 2. The third kappa shape index (κ3) is 3.15. The molecule has 2 amide bonds. The first-order valence-electron chi connectivity index (χ1n) is 7.89. The third-order valence-corrected chi connectivity index (χ3v) is 4.72. The molecular weight excluding hydrogens is 366 g/mol. The summed E-state index contributed by atoms with van der Waals surface area (Å²) in [6.45, 7) is 5.32. The van der Waals surface area contributed by atoms with Gasteiger partial charge < -0.3 is 9.73 Å². The molecule has 0 spiro atoms. The molecule has 3 aromatic rings. The van der Waals surface area contributed by atoms with Crippen molar-refractivity contribution in [3.63, 3.8) is 0 Å². The Hall–Kier alpha value is -3.59. The van der Waals surface area contributed by atoms with Gasteiger partial charge in [0.1, 0.15) is 11.5 Å². The van der Waals surface area contributed by atoms with Crippen molar-refractivity contribution in [3.8, 4) is 10.6 Å². The van der Waals surface area contributed by atoms with E-state index in [0.717, 1.165) is 4.88 Å². The maximum atomic E-state index is 12.4. The fourth-order valence-electron chi connectivity index (χ4n) is 2.40. The van der Waals surface area contributed by atoms with Crippen LogP contribution in [0.5, 0.6) is 0 Å². The predicted molar refractivity (Wildman–Crippen MR) is 102 cm³/mol. The second-order valence-electron chi connectivity index (χ2n) is 5.63. The van der Waals surface area contributed by atoms with E-state index >= 15 is 0 Å². The van der Waals surface area contributed by atoms with E-state index in [1.54, 1.807) is 25.1 Å². The second kappa shape index (κ2) is 6.61. The number of thiophene rings is 1. The summed E-state index contributed by atoms with van der Waals surface area (Å²) in [7, 11) is 0. The molecule has 27 heavy (non-hydrogen) atoms. The maximum absolute atomic E-state index is 12.4. The first-order chi connectivity index (χ1) is 13.0. The Morgan fingerprint density at radius 3 is 2.81 bits per heavy atom. The normalized spacial score (nSPS) is 14.1. The molecule has 0 saturated carbocycles. The Balaban J connectivity index is 1.77. The topological polar surface area (TPSA) is 102 Å². The first kappa shape index (κ1) is 16.9. The summed E-state index contributed by atoms with van der Waals surface area (Å²) in [5.41, 5.74) is 1.29. The van der Waals surface area contributed by atoms with Crippen molar-refractivity contribution in [1.29, 1.82) is 0 Å². The van der Waals surface area contributed by atoms with Crippen LogP contribution in [-0.4, -0.2) is 33.3 Å². The van der Waals surface area contributed by atoms with Gasteiger partial charge in [-0.2, -0.15) is 14.8 Å². The number of hydrogen-bond donors (Lipinski definition) is 1. The minimum Gasteiger partial charge on any atom is -0.459 e. The zero-order valence-electron chi connectivity index (χ0n) is 14.2. The Morgan fingerprint density at radius 1 is 1.30 bits per heavy atom. The minimum atomic E-state index is -0.492. The molecule has 1 aliphatic heterocycles. The average molecular weight is 379 g/mol. The van der Waals surface area contributed by atoms with Crippen molar-refractivity contribution >= 4 is 40.6 Å². The van der Waals surface area contributed by atoms with Gasteiger partial charge in [-0.15, -0.1) is 11.3 Å². The Labute approximate surface area is 157 Å². The van der Waals surface area contributed by atoms with Crippen molar-refractivity contribution in [2.45, 2.75) is 6.92 Å². The molecule has 1 aliphatic rings. The van der Waals surface area contributed by atoms with Crippen LogP contribution in [0.4, 0.5) is 5.82 Å². The van der Waals surface area contributed by atoms with E-state index in [0.29, 0.717) is 17.2 Å². The molecule has 0 aliphatic carbocycles. The molecule has 0 fully saturated rings. The summed E-state index contributed by atoms with van der Waals surface area (Å²) < 4.78 is 6.44. The summed E-state index contributed by atoms with van der Waals surface area (Å²) in [5.74, 6) is -0.422. The molecule has 0 bridgehead atoms. The summed E-state index contributed by atoms with van der Waals surface area (Å²) in [6, 6.07) is 8.65.